The first-order chi connectivity index (χ1) is 12.0. The molecule has 5 nitrogen and oxygen atoms in total. The summed E-state index contributed by atoms with van der Waals surface area (Å²) in [6.07, 6.45) is 6.88. The zero-order valence-electron chi connectivity index (χ0n) is 14.7. The maximum Gasteiger partial charge on any atom is 0.257 e. The second-order valence-electron chi connectivity index (χ2n) is 7.25. The van der Waals surface area contributed by atoms with Gasteiger partial charge < -0.3 is 10.1 Å². The van der Waals surface area contributed by atoms with Gasteiger partial charge in [0.2, 0.25) is 0 Å². The smallest absolute Gasteiger partial charge is 0.257 e. The Balaban J connectivity index is 1.68. The fourth-order valence-corrected chi connectivity index (χ4v) is 4.54. The van der Waals surface area contributed by atoms with Crippen LogP contribution in [0, 0.1) is 14.9 Å². The molecule has 1 amide bonds. The Labute approximate surface area is 163 Å². The van der Waals surface area contributed by atoms with E-state index in [9.17, 15) is 4.79 Å². The van der Waals surface area contributed by atoms with E-state index in [1.54, 1.807) is 7.05 Å². The Bertz CT molecular complexity index is 645. The molecule has 1 heterocycles. The quantitative estimate of drug-likeness (QED) is 0.646. The van der Waals surface area contributed by atoms with Crippen molar-refractivity contribution >= 4 is 34.5 Å². The second-order valence-corrected chi connectivity index (χ2v) is 8.50. The Morgan fingerprint density at radius 1 is 1.36 bits per heavy atom. The number of halogens is 1. The van der Waals surface area contributed by atoms with Gasteiger partial charge in [0.05, 0.1) is 13.2 Å². The van der Waals surface area contributed by atoms with E-state index in [1.165, 1.54) is 40.6 Å². The molecule has 2 aliphatic rings. The number of guanidine groups is 1. The molecule has 0 spiro atoms. The molecule has 1 unspecified atom stereocenters. The third kappa shape index (κ3) is 4.34. The van der Waals surface area contributed by atoms with Crippen LogP contribution in [-0.4, -0.2) is 36.0 Å². The van der Waals surface area contributed by atoms with Crippen LogP contribution in [0.1, 0.15) is 44.1 Å². The summed E-state index contributed by atoms with van der Waals surface area (Å²) >= 11 is 2.29. The minimum absolute atomic E-state index is 0.0364. The maximum atomic E-state index is 12.8. The summed E-state index contributed by atoms with van der Waals surface area (Å²) < 4.78 is 7.13. The van der Waals surface area contributed by atoms with Crippen LogP contribution in [-0.2, 0) is 16.1 Å². The monoisotopic (exact) mass is 455 g/mol. The minimum atomic E-state index is -0.782. The molecule has 1 aliphatic carbocycles. The van der Waals surface area contributed by atoms with E-state index in [0.717, 1.165) is 12.0 Å². The zero-order valence-corrected chi connectivity index (χ0v) is 16.8. The van der Waals surface area contributed by atoms with E-state index in [1.807, 2.05) is 18.2 Å². The second kappa shape index (κ2) is 8.03. The van der Waals surface area contributed by atoms with Crippen molar-refractivity contribution in [2.24, 2.45) is 5.92 Å². The molecule has 1 aromatic rings. The lowest BCUT2D eigenvalue weighted by Crippen LogP contribution is -2.52. The third-order valence-electron chi connectivity index (χ3n) is 5.28. The van der Waals surface area contributed by atoms with Crippen LogP contribution in [0.25, 0.3) is 0 Å². The summed E-state index contributed by atoms with van der Waals surface area (Å²) in [5.41, 5.74) is 0.323. The lowest BCUT2D eigenvalue weighted by atomic mass is 9.79. The standard InChI is InChI=1S/C19H26IN3O2/c1-23-17(24)19(22-18(23)21,11-14-6-3-2-4-7-14)13-25-12-15-8-5-9-16(20)10-15/h5,8-10,14H,2-4,6-7,11-13H2,1H3,(H2,21,22). The molecule has 1 aliphatic heterocycles. The number of likely N-dealkylation sites (N-methyl/N-ethyl adjacent to an activating group) is 1. The average Bonchev–Trinajstić information content (AvgIpc) is 2.80. The Hall–Kier alpha value is -1.15. The first kappa shape index (κ1) is 18.6. The van der Waals surface area contributed by atoms with Gasteiger partial charge in [-0.3, -0.25) is 15.1 Å². The number of carbonyl (C=O) groups excluding carboxylic acids is 1. The van der Waals surface area contributed by atoms with Gasteiger partial charge in [-0.25, -0.2) is 0 Å². The van der Waals surface area contributed by atoms with E-state index >= 15 is 0 Å². The van der Waals surface area contributed by atoms with Crippen molar-refractivity contribution in [3.8, 4) is 0 Å². The highest BCUT2D eigenvalue weighted by molar-refractivity contribution is 14.1. The first-order valence-electron chi connectivity index (χ1n) is 8.97. The van der Waals surface area contributed by atoms with Gasteiger partial charge in [-0.1, -0.05) is 44.2 Å². The van der Waals surface area contributed by atoms with Gasteiger partial charge in [-0.05, 0) is 52.6 Å². The molecular weight excluding hydrogens is 429 g/mol. The summed E-state index contributed by atoms with van der Waals surface area (Å²) in [4.78, 5) is 14.3. The highest BCUT2D eigenvalue weighted by Crippen LogP contribution is 2.33. The van der Waals surface area contributed by atoms with Gasteiger partial charge in [-0.2, -0.15) is 0 Å². The number of nitrogens with one attached hydrogen (secondary N) is 2. The van der Waals surface area contributed by atoms with Crippen molar-refractivity contribution in [1.82, 2.24) is 10.2 Å². The molecule has 136 valence electrons. The predicted molar refractivity (Wildman–Crippen MR) is 106 cm³/mol. The Morgan fingerprint density at radius 3 is 2.76 bits per heavy atom. The number of hydrogen-bond acceptors (Lipinski definition) is 3. The van der Waals surface area contributed by atoms with Crippen LogP contribution in [0.3, 0.4) is 0 Å². The van der Waals surface area contributed by atoms with Crippen LogP contribution < -0.4 is 5.32 Å². The Morgan fingerprint density at radius 2 is 2.12 bits per heavy atom. The van der Waals surface area contributed by atoms with Gasteiger partial charge in [0, 0.05) is 10.6 Å². The number of rotatable bonds is 6. The van der Waals surface area contributed by atoms with Crippen molar-refractivity contribution in [3.63, 3.8) is 0 Å². The molecular formula is C19H26IN3O2. The van der Waals surface area contributed by atoms with Gasteiger partial charge in [-0.15, -0.1) is 0 Å². The third-order valence-corrected chi connectivity index (χ3v) is 5.95. The van der Waals surface area contributed by atoms with Crippen LogP contribution in [0.5, 0.6) is 0 Å². The number of amides is 1. The SMILES string of the molecule is CN1C(=N)NC(COCc2cccc(I)c2)(CC2CCCCC2)C1=O. The van der Waals surface area contributed by atoms with E-state index < -0.39 is 5.54 Å². The highest BCUT2D eigenvalue weighted by Gasteiger charge is 2.49. The molecule has 0 radical (unpaired) electrons. The average molecular weight is 455 g/mol. The summed E-state index contributed by atoms with van der Waals surface area (Å²) in [7, 11) is 1.67. The summed E-state index contributed by atoms with van der Waals surface area (Å²) in [5.74, 6) is 0.676. The molecule has 3 rings (SSSR count). The van der Waals surface area contributed by atoms with Crippen LogP contribution in [0.2, 0.25) is 0 Å². The first-order valence-corrected chi connectivity index (χ1v) is 10.1. The largest absolute Gasteiger partial charge is 0.374 e. The molecule has 1 aromatic carbocycles. The molecule has 1 saturated carbocycles. The zero-order chi connectivity index (χ0) is 17.9. The summed E-state index contributed by atoms with van der Waals surface area (Å²) in [6, 6.07) is 8.19. The number of ether oxygens (including phenoxy) is 1. The summed E-state index contributed by atoms with van der Waals surface area (Å²) in [5, 5.41) is 11.2. The molecule has 1 saturated heterocycles. The maximum absolute atomic E-state index is 12.8. The van der Waals surface area contributed by atoms with Gasteiger partial charge in [0.1, 0.15) is 5.54 Å². The van der Waals surface area contributed by atoms with Crippen LogP contribution in [0.4, 0.5) is 0 Å². The number of carbonyl (C=O) groups is 1. The molecule has 2 N–H and O–H groups in total. The Kier molecular flexibility index (Phi) is 5.99. The fraction of sp³-hybridized carbons (Fsp3) is 0.579. The topological polar surface area (TPSA) is 65.4 Å². The van der Waals surface area contributed by atoms with Crippen molar-refractivity contribution in [2.75, 3.05) is 13.7 Å². The van der Waals surface area contributed by atoms with Crippen molar-refractivity contribution < 1.29 is 9.53 Å². The van der Waals surface area contributed by atoms with Gasteiger partial charge in [0.25, 0.3) is 5.91 Å². The predicted octanol–water partition coefficient (Wildman–Crippen LogP) is 3.51. The molecule has 0 bridgehead atoms. The van der Waals surface area contributed by atoms with E-state index in [0.29, 0.717) is 19.1 Å². The van der Waals surface area contributed by atoms with Gasteiger partial charge >= 0.3 is 0 Å². The fourth-order valence-electron chi connectivity index (χ4n) is 3.94. The lowest BCUT2D eigenvalue weighted by molar-refractivity contribution is -0.133. The molecule has 25 heavy (non-hydrogen) atoms. The number of nitrogens with zero attached hydrogens (tertiary/aromatic N) is 1. The van der Waals surface area contributed by atoms with Crippen LogP contribution in [0.15, 0.2) is 24.3 Å². The minimum Gasteiger partial charge on any atom is -0.374 e. The number of hydrogen-bond donors (Lipinski definition) is 2. The van der Waals surface area contributed by atoms with Gasteiger partial charge in [0.15, 0.2) is 5.96 Å². The van der Waals surface area contributed by atoms with E-state index in [-0.39, 0.29) is 11.9 Å². The lowest BCUT2D eigenvalue weighted by Gasteiger charge is -2.32. The van der Waals surface area contributed by atoms with E-state index in [4.69, 9.17) is 10.1 Å². The molecule has 1 atom stereocenters. The van der Waals surface area contributed by atoms with Crippen molar-refractivity contribution in [3.05, 3.63) is 33.4 Å². The van der Waals surface area contributed by atoms with E-state index in [2.05, 4.69) is 34.0 Å². The molecule has 0 aromatic heterocycles. The highest BCUT2D eigenvalue weighted by atomic mass is 127. The van der Waals surface area contributed by atoms with Crippen molar-refractivity contribution in [1.29, 1.82) is 5.41 Å². The van der Waals surface area contributed by atoms with Crippen LogP contribution >= 0.6 is 22.6 Å². The van der Waals surface area contributed by atoms with Crippen molar-refractivity contribution in [2.45, 2.75) is 50.7 Å². The molecule has 2 fully saturated rings. The number of benzene rings is 1. The normalized spacial score (nSPS) is 24.6. The summed E-state index contributed by atoms with van der Waals surface area (Å²) in [6.45, 7) is 0.787. The molecule has 6 heteroatoms.